The van der Waals surface area contributed by atoms with Crippen LogP contribution in [0.2, 0.25) is 0 Å². The van der Waals surface area contributed by atoms with Gasteiger partial charge < -0.3 is 15.2 Å². The molecule has 4 nitrogen and oxygen atoms in total. The second-order valence-corrected chi connectivity index (χ2v) is 5.85. The van der Waals surface area contributed by atoms with Crippen molar-refractivity contribution in [2.45, 2.75) is 25.4 Å². The summed E-state index contributed by atoms with van der Waals surface area (Å²) in [6.45, 7) is -2.91. The average Bonchev–Trinajstić information content (AvgIpc) is 3.21. The number of aromatic nitrogens is 1. The summed E-state index contributed by atoms with van der Waals surface area (Å²) < 4.78 is 34.4. The van der Waals surface area contributed by atoms with Gasteiger partial charge in [-0.2, -0.15) is 8.78 Å². The van der Waals surface area contributed by atoms with Gasteiger partial charge in [0.25, 0.3) is 0 Å². The molecule has 112 valence electrons. The zero-order valence-corrected chi connectivity index (χ0v) is 12.1. The molecule has 7 heteroatoms. The number of nitrogens with zero attached hydrogens (tertiary/aromatic N) is 1. The zero-order chi connectivity index (χ0) is 15.0. The Kier molecular flexibility index (Phi) is 3.67. The lowest BCUT2D eigenvalue weighted by Crippen LogP contribution is -2.03. The zero-order valence-electron chi connectivity index (χ0n) is 11.3. The molecule has 1 aliphatic carbocycles. The molecule has 0 unspecified atom stereocenters. The summed E-state index contributed by atoms with van der Waals surface area (Å²) in [5, 5.41) is 1.60. The number of hydrogen-bond acceptors (Lipinski definition) is 5. The summed E-state index contributed by atoms with van der Waals surface area (Å²) >= 11 is 1.46. The van der Waals surface area contributed by atoms with Gasteiger partial charge in [0, 0.05) is 11.5 Å². The Balaban J connectivity index is 1.97. The van der Waals surface area contributed by atoms with Crippen molar-refractivity contribution in [2.75, 3.05) is 12.8 Å². The fraction of sp³-hybridized carbons (Fsp3) is 0.357. The minimum atomic E-state index is -2.91. The van der Waals surface area contributed by atoms with E-state index in [1.54, 1.807) is 12.1 Å². The fourth-order valence-corrected chi connectivity index (χ4v) is 3.10. The number of rotatable bonds is 5. The molecule has 3 rings (SSSR count). The lowest BCUT2D eigenvalue weighted by atomic mass is 10.1. The van der Waals surface area contributed by atoms with E-state index in [4.69, 9.17) is 10.5 Å². The molecule has 0 aliphatic heterocycles. The van der Waals surface area contributed by atoms with Gasteiger partial charge in [0.15, 0.2) is 11.5 Å². The number of ether oxygens (including phenoxy) is 2. The molecule has 1 aromatic carbocycles. The number of halogens is 2. The molecule has 0 spiro atoms. The van der Waals surface area contributed by atoms with Gasteiger partial charge in [0.05, 0.1) is 12.1 Å². The summed E-state index contributed by atoms with van der Waals surface area (Å²) in [6.07, 6.45) is 2.27. The largest absolute Gasteiger partial charge is 0.493 e. The Bertz CT molecular complexity index is 656. The first kappa shape index (κ1) is 14.1. The molecule has 0 radical (unpaired) electrons. The lowest BCUT2D eigenvalue weighted by Gasteiger charge is -2.11. The van der Waals surface area contributed by atoms with Crippen molar-refractivity contribution >= 4 is 16.3 Å². The van der Waals surface area contributed by atoms with Crippen molar-refractivity contribution in [2.24, 2.45) is 0 Å². The van der Waals surface area contributed by atoms with Gasteiger partial charge in [-0.25, -0.2) is 4.98 Å². The Morgan fingerprint density at radius 2 is 2.10 bits per heavy atom. The van der Waals surface area contributed by atoms with Crippen molar-refractivity contribution in [3.63, 3.8) is 0 Å². The van der Waals surface area contributed by atoms with E-state index in [1.807, 2.05) is 0 Å². The first-order valence-electron chi connectivity index (χ1n) is 6.48. The number of methoxy groups -OCH3 is 1. The minimum Gasteiger partial charge on any atom is -0.493 e. The summed E-state index contributed by atoms with van der Waals surface area (Å²) in [7, 11) is 1.40. The highest BCUT2D eigenvalue weighted by Gasteiger charge is 2.28. The van der Waals surface area contributed by atoms with Crippen molar-refractivity contribution in [1.29, 1.82) is 0 Å². The first-order chi connectivity index (χ1) is 10.1. The molecule has 1 aromatic heterocycles. The van der Waals surface area contributed by atoms with Gasteiger partial charge in [-0.05, 0) is 31.0 Å². The van der Waals surface area contributed by atoms with Crippen LogP contribution in [-0.4, -0.2) is 18.7 Å². The highest BCUT2D eigenvalue weighted by Crippen LogP contribution is 2.45. The monoisotopic (exact) mass is 312 g/mol. The Hall–Kier alpha value is -1.89. The van der Waals surface area contributed by atoms with Crippen LogP contribution in [0.15, 0.2) is 18.2 Å². The molecule has 2 N–H and O–H groups in total. The molecule has 1 aliphatic rings. The third kappa shape index (κ3) is 2.92. The van der Waals surface area contributed by atoms with E-state index in [0.717, 1.165) is 17.8 Å². The topological polar surface area (TPSA) is 57.4 Å². The van der Waals surface area contributed by atoms with E-state index in [2.05, 4.69) is 9.72 Å². The SMILES string of the molecule is COc1ccc(-c2nc(C3CC3)sc2N)cc1OC(F)F. The van der Waals surface area contributed by atoms with Gasteiger partial charge in [-0.3, -0.25) is 0 Å². The second kappa shape index (κ2) is 5.48. The maximum Gasteiger partial charge on any atom is 0.387 e. The number of nitrogen functional groups attached to an aromatic ring is 1. The Morgan fingerprint density at radius 1 is 1.33 bits per heavy atom. The highest BCUT2D eigenvalue weighted by molar-refractivity contribution is 7.16. The third-order valence-electron chi connectivity index (χ3n) is 3.25. The van der Waals surface area contributed by atoms with Crippen LogP contribution in [0.3, 0.4) is 0 Å². The molecule has 0 saturated heterocycles. The molecule has 0 atom stereocenters. The fourth-order valence-electron chi connectivity index (χ4n) is 2.07. The van der Waals surface area contributed by atoms with E-state index in [0.29, 0.717) is 22.2 Å². The van der Waals surface area contributed by atoms with Crippen LogP contribution in [0.4, 0.5) is 13.8 Å². The van der Waals surface area contributed by atoms with Crippen LogP contribution in [0.1, 0.15) is 23.8 Å². The van der Waals surface area contributed by atoms with E-state index < -0.39 is 6.61 Å². The van der Waals surface area contributed by atoms with Crippen molar-refractivity contribution in [3.8, 4) is 22.8 Å². The van der Waals surface area contributed by atoms with Crippen LogP contribution in [0.25, 0.3) is 11.3 Å². The van der Waals surface area contributed by atoms with Crippen LogP contribution in [-0.2, 0) is 0 Å². The smallest absolute Gasteiger partial charge is 0.387 e. The maximum atomic E-state index is 12.5. The molecular weight excluding hydrogens is 298 g/mol. The number of benzene rings is 1. The summed E-state index contributed by atoms with van der Waals surface area (Å²) in [4.78, 5) is 4.53. The predicted molar refractivity (Wildman–Crippen MR) is 77.1 cm³/mol. The minimum absolute atomic E-state index is 0.0228. The summed E-state index contributed by atoms with van der Waals surface area (Å²) in [6, 6.07) is 4.79. The van der Waals surface area contributed by atoms with Gasteiger partial charge in [-0.15, -0.1) is 11.3 Å². The average molecular weight is 312 g/mol. The number of nitrogens with two attached hydrogens (primary N) is 1. The molecule has 0 bridgehead atoms. The molecule has 1 fully saturated rings. The quantitative estimate of drug-likeness (QED) is 0.910. The summed E-state index contributed by atoms with van der Waals surface area (Å²) in [5.41, 5.74) is 7.26. The Labute approximate surface area is 124 Å². The predicted octanol–water partition coefficient (Wildman–Crippen LogP) is 3.88. The first-order valence-corrected chi connectivity index (χ1v) is 7.29. The molecule has 1 heterocycles. The normalized spacial score (nSPS) is 14.5. The lowest BCUT2D eigenvalue weighted by molar-refractivity contribution is -0.0511. The van der Waals surface area contributed by atoms with Crippen LogP contribution >= 0.6 is 11.3 Å². The van der Waals surface area contributed by atoms with Crippen LogP contribution in [0, 0.1) is 0 Å². The third-order valence-corrected chi connectivity index (χ3v) is 4.30. The van der Waals surface area contributed by atoms with Gasteiger partial charge in [-0.1, -0.05) is 0 Å². The number of hydrogen-bond donors (Lipinski definition) is 1. The van der Waals surface area contributed by atoms with E-state index in [9.17, 15) is 8.78 Å². The standard InChI is InChI=1S/C14H14F2N2O2S/c1-19-9-5-4-8(6-10(9)20-14(15)16)11-12(17)21-13(18-11)7-2-3-7/h4-7,14H,2-3,17H2,1H3. The van der Waals surface area contributed by atoms with E-state index in [-0.39, 0.29) is 11.5 Å². The van der Waals surface area contributed by atoms with Gasteiger partial charge in [0.1, 0.15) is 10.7 Å². The second-order valence-electron chi connectivity index (χ2n) is 4.78. The number of alkyl halides is 2. The molecule has 0 amide bonds. The molecule has 21 heavy (non-hydrogen) atoms. The number of thiazole rings is 1. The molecule has 2 aromatic rings. The van der Waals surface area contributed by atoms with Crippen LogP contribution in [0.5, 0.6) is 11.5 Å². The molecular formula is C14H14F2N2O2S. The Morgan fingerprint density at radius 3 is 2.71 bits per heavy atom. The van der Waals surface area contributed by atoms with Crippen molar-refractivity contribution in [3.05, 3.63) is 23.2 Å². The van der Waals surface area contributed by atoms with Crippen molar-refractivity contribution < 1.29 is 18.3 Å². The number of anilines is 1. The maximum absolute atomic E-state index is 12.5. The van der Waals surface area contributed by atoms with Gasteiger partial charge >= 0.3 is 6.61 Å². The van der Waals surface area contributed by atoms with Crippen LogP contribution < -0.4 is 15.2 Å². The summed E-state index contributed by atoms with van der Waals surface area (Å²) in [5.74, 6) is 0.724. The van der Waals surface area contributed by atoms with Crippen molar-refractivity contribution in [1.82, 2.24) is 4.98 Å². The molecule has 1 saturated carbocycles. The van der Waals surface area contributed by atoms with Gasteiger partial charge in [0.2, 0.25) is 0 Å². The van der Waals surface area contributed by atoms with E-state index >= 15 is 0 Å². The highest BCUT2D eigenvalue weighted by atomic mass is 32.1. The van der Waals surface area contributed by atoms with E-state index in [1.165, 1.54) is 24.5 Å².